The monoisotopic (exact) mass is 679 g/mol. The van der Waals surface area contributed by atoms with Crippen LogP contribution in [0.15, 0.2) is 30.3 Å². The molecule has 252 valence electrons. The molecule has 3 fully saturated rings. The number of hydrogen-bond donors (Lipinski definition) is 4. The van der Waals surface area contributed by atoms with Crippen molar-refractivity contribution in [3.8, 4) is 0 Å². The van der Waals surface area contributed by atoms with Crippen LogP contribution in [0.4, 0.5) is 4.79 Å². The van der Waals surface area contributed by atoms with Gasteiger partial charge in [0.15, 0.2) is 0 Å². The van der Waals surface area contributed by atoms with E-state index in [0.29, 0.717) is 12.8 Å². The summed E-state index contributed by atoms with van der Waals surface area (Å²) < 4.78 is 4.24. The zero-order chi connectivity index (χ0) is 34.4. The molecule has 6 atom stereocenters. The van der Waals surface area contributed by atoms with Gasteiger partial charge < -0.3 is 31.3 Å². The number of ketones is 1. The molecule has 4 rings (SSSR count). The van der Waals surface area contributed by atoms with E-state index in [0.717, 1.165) is 5.56 Å². The number of ether oxygens (including phenoxy) is 1. The molecular formula is C32H43Cl2N5O7. The first-order valence-corrected chi connectivity index (χ1v) is 16.1. The van der Waals surface area contributed by atoms with Crippen molar-refractivity contribution in [2.24, 2.45) is 34.3 Å². The summed E-state index contributed by atoms with van der Waals surface area (Å²) >= 11 is 12.9. The summed E-state index contributed by atoms with van der Waals surface area (Å²) in [5.41, 5.74) is 4.43. The minimum absolute atomic E-state index is 0.0225. The molecular weight excluding hydrogens is 637 g/mol. The van der Waals surface area contributed by atoms with Crippen molar-refractivity contribution in [1.29, 1.82) is 0 Å². The average Bonchev–Trinajstić information content (AvgIpc) is 3.83. The minimum atomic E-state index is -1.26. The summed E-state index contributed by atoms with van der Waals surface area (Å²) in [4.78, 5) is 79.8. The number of nitrogens with two attached hydrogens (primary N) is 1. The molecule has 2 saturated carbocycles. The molecule has 3 aliphatic rings. The molecule has 0 radical (unpaired) electrons. The number of halogens is 2. The fraction of sp³-hybridized carbons (Fsp3) is 0.625. The SMILES string of the molecule is CC(C)(C)[C@H](NC(=O)N[C@H](C(=O)N1C[C@H]2[C@@H]([C@H]1C(=O)NC(C(=O)C(N)=O)C1CC1)C2(Cl)Cl)C(C)(C)C)C(=O)OCc1ccccc1. The van der Waals surface area contributed by atoms with Gasteiger partial charge in [-0.3, -0.25) is 19.2 Å². The highest BCUT2D eigenvalue weighted by molar-refractivity contribution is 6.51. The lowest BCUT2D eigenvalue weighted by Crippen LogP contribution is -2.63. The second-order valence-corrected chi connectivity index (χ2v) is 16.0. The Labute approximate surface area is 278 Å². The highest BCUT2D eigenvalue weighted by atomic mass is 35.5. The number of carbonyl (C=O) groups is 6. The standard InChI is InChI=1S/C32H43Cl2N5O7/c1-30(2,3)23(37-29(45)38-24(31(4,5)6)28(44)46-15-16-10-8-7-9-11-16)27(43)39-14-18-19(32(18,33)34)21(39)26(42)36-20(17-12-13-17)22(40)25(35)41/h7-11,17-21,23-24H,12-15H2,1-6H3,(H2,35,41)(H,36,42)(H2,37,38,45)/t18-,19-,20?,21-,23+,24+/m0/s1. The molecule has 0 bridgehead atoms. The van der Waals surface area contributed by atoms with E-state index in [4.69, 9.17) is 33.7 Å². The van der Waals surface area contributed by atoms with Gasteiger partial charge >= 0.3 is 12.0 Å². The number of piperidine rings is 1. The third kappa shape index (κ3) is 7.76. The number of Topliss-reactive ketones (excluding diaryl/α,β-unsaturated/α-hetero) is 1. The Bertz CT molecular complexity index is 1390. The Kier molecular flexibility index (Phi) is 10.0. The topological polar surface area (TPSA) is 177 Å². The summed E-state index contributed by atoms with van der Waals surface area (Å²) in [6.07, 6.45) is 1.28. The third-order valence-electron chi connectivity index (χ3n) is 8.79. The summed E-state index contributed by atoms with van der Waals surface area (Å²) in [6.45, 7) is 10.6. The largest absolute Gasteiger partial charge is 0.459 e. The van der Waals surface area contributed by atoms with Gasteiger partial charge in [0, 0.05) is 18.4 Å². The zero-order valence-electron chi connectivity index (χ0n) is 26.9. The van der Waals surface area contributed by atoms with E-state index in [1.54, 1.807) is 41.5 Å². The molecule has 5 N–H and O–H groups in total. The number of carbonyl (C=O) groups excluding carboxylic acids is 6. The van der Waals surface area contributed by atoms with Gasteiger partial charge in [-0.15, -0.1) is 23.2 Å². The third-order valence-corrected chi connectivity index (χ3v) is 9.85. The number of rotatable bonds is 11. The van der Waals surface area contributed by atoms with Gasteiger partial charge in [-0.05, 0) is 35.2 Å². The fourth-order valence-corrected chi connectivity index (χ4v) is 6.74. The number of esters is 1. The molecule has 1 saturated heterocycles. The fourth-order valence-electron chi connectivity index (χ4n) is 5.91. The summed E-state index contributed by atoms with van der Waals surface area (Å²) in [5.74, 6) is -5.23. The summed E-state index contributed by atoms with van der Waals surface area (Å²) in [5, 5.41) is 8.02. The molecule has 5 amide bonds. The Hall–Kier alpha value is -3.38. The Balaban J connectivity index is 1.50. The van der Waals surface area contributed by atoms with Gasteiger partial charge in [-0.25, -0.2) is 9.59 Å². The number of nitrogens with one attached hydrogen (secondary N) is 3. The second-order valence-electron chi connectivity index (χ2n) is 14.6. The van der Waals surface area contributed by atoms with Crippen LogP contribution in [0.5, 0.6) is 0 Å². The van der Waals surface area contributed by atoms with Crippen LogP contribution in [0.2, 0.25) is 0 Å². The number of nitrogens with zero attached hydrogens (tertiary/aromatic N) is 1. The van der Waals surface area contributed by atoms with Crippen LogP contribution in [-0.2, 0) is 35.3 Å². The Morgan fingerprint density at radius 1 is 0.935 bits per heavy atom. The molecule has 14 heteroatoms. The number of benzene rings is 1. The number of hydrogen-bond acceptors (Lipinski definition) is 7. The van der Waals surface area contributed by atoms with Gasteiger partial charge in [0.05, 0.1) is 0 Å². The van der Waals surface area contributed by atoms with Gasteiger partial charge in [0.25, 0.3) is 5.91 Å². The van der Waals surface area contributed by atoms with Crippen LogP contribution in [0.1, 0.15) is 59.9 Å². The lowest BCUT2D eigenvalue weighted by Gasteiger charge is -2.38. The van der Waals surface area contributed by atoms with Gasteiger partial charge in [0.2, 0.25) is 17.6 Å². The van der Waals surface area contributed by atoms with E-state index in [9.17, 15) is 28.8 Å². The maximum Gasteiger partial charge on any atom is 0.329 e. The Morgan fingerprint density at radius 3 is 2.02 bits per heavy atom. The number of primary amides is 1. The van der Waals surface area contributed by atoms with Crippen LogP contribution >= 0.6 is 23.2 Å². The van der Waals surface area contributed by atoms with E-state index in [2.05, 4.69) is 16.0 Å². The minimum Gasteiger partial charge on any atom is -0.459 e. The van der Waals surface area contributed by atoms with Crippen molar-refractivity contribution in [3.05, 3.63) is 35.9 Å². The van der Waals surface area contributed by atoms with Crippen molar-refractivity contribution in [3.63, 3.8) is 0 Å². The van der Waals surface area contributed by atoms with Crippen LogP contribution < -0.4 is 21.7 Å². The van der Waals surface area contributed by atoms with Crippen molar-refractivity contribution in [2.75, 3.05) is 6.54 Å². The highest BCUT2D eigenvalue weighted by Crippen LogP contribution is 2.65. The molecule has 1 aliphatic heterocycles. The Morgan fingerprint density at radius 2 is 1.50 bits per heavy atom. The second kappa shape index (κ2) is 13.0. The van der Waals surface area contributed by atoms with E-state index in [1.807, 2.05) is 30.3 Å². The zero-order valence-corrected chi connectivity index (χ0v) is 28.4. The molecule has 2 aliphatic carbocycles. The summed E-state index contributed by atoms with van der Waals surface area (Å²) in [7, 11) is 0. The lowest BCUT2D eigenvalue weighted by atomic mass is 9.85. The first-order valence-electron chi connectivity index (χ1n) is 15.3. The van der Waals surface area contributed by atoms with Crippen LogP contribution in [0.25, 0.3) is 0 Å². The van der Waals surface area contributed by atoms with Gasteiger partial charge in [-0.1, -0.05) is 71.9 Å². The molecule has 0 spiro atoms. The molecule has 1 heterocycles. The van der Waals surface area contributed by atoms with E-state index >= 15 is 0 Å². The van der Waals surface area contributed by atoms with Crippen LogP contribution in [0, 0.1) is 28.6 Å². The predicted molar refractivity (Wildman–Crippen MR) is 170 cm³/mol. The smallest absolute Gasteiger partial charge is 0.329 e. The predicted octanol–water partition coefficient (Wildman–Crippen LogP) is 2.44. The first-order chi connectivity index (χ1) is 21.2. The normalized spacial score (nSPS) is 23.7. The molecule has 1 unspecified atom stereocenters. The maximum atomic E-state index is 14.2. The van der Waals surface area contributed by atoms with E-state index in [-0.39, 0.29) is 19.1 Å². The maximum absolute atomic E-state index is 14.2. The molecule has 1 aromatic carbocycles. The van der Waals surface area contributed by atoms with Crippen molar-refractivity contribution < 1.29 is 33.5 Å². The first kappa shape index (κ1) is 35.5. The van der Waals surface area contributed by atoms with Crippen molar-refractivity contribution >= 4 is 58.7 Å². The number of likely N-dealkylation sites (tertiary alicyclic amines) is 1. The average molecular weight is 681 g/mol. The van der Waals surface area contributed by atoms with Crippen LogP contribution in [0.3, 0.4) is 0 Å². The van der Waals surface area contributed by atoms with Gasteiger partial charge in [0.1, 0.15) is 35.1 Å². The molecule has 0 aromatic heterocycles. The number of alkyl halides is 2. The lowest BCUT2D eigenvalue weighted by molar-refractivity contribution is -0.150. The highest BCUT2D eigenvalue weighted by Gasteiger charge is 2.74. The number of urea groups is 1. The number of fused-ring (bicyclic) bond motifs is 1. The van der Waals surface area contributed by atoms with Crippen molar-refractivity contribution in [1.82, 2.24) is 20.9 Å². The molecule has 46 heavy (non-hydrogen) atoms. The van der Waals surface area contributed by atoms with Crippen molar-refractivity contribution in [2.45, 2.75) is 89.5 Å². The quantitative estimate of drug-likeness (QED) is 0.158. The van der Waals surface area contributed by atoms with E-state index in [1.165, 1.54) is 4.90 Å². The van der Waals surface area contributed by atoms with Crippen LogP contribution in [-0.4, -0.2) is 75.5 Å². The molecule has 12 nitrogen and oxygen atoms in total. The summed E-state index contributed by atoms with van der Waals surface area (Å²) in [6, 6.07) is 3.88. The van der Waals surface area contributed by atoms with E-state index < -0.39 is 86.7 Å². The molecule has 1 aromatic rings. The number of amides is 5. The van der Waals surface area contributed by atoms with Gasteiger partial charge in [-0.2, -0.15) is 0 Å².